The molecule has 3 heteroatoms. The first-order valence-corrected chi connectivity index (χ1v) is 7.25. The highest BCUT2D eigenvalue weighted by Gasteiger charge is 2.27. The maximum absolute atomic E-state index is 12.4. The average Bonchev–Trinajstić information content (AvgIpc) is 2.82. The van der Waals surface area contributed by atoms with E-state index in [4.69, 9.17) is 4.74 Å². The van der Waals surface area contributed by atoms with Crippen molar-refractivity contribution in [3.63, 3.8) is 0 Å². The number of carbonyl (C=O) groups excluding carboxylic acids is 1. The van der Waals surface area contributed by atoms with E-state index in [1.165, 1.54) is 5.56 Å². The summed E-state index contributed by atoms with van der Waals surface area (Å²) in [6.45, 7) is 6.59. The van der Waals surface area contributed by atoms with Crippen LogP contribution in [0.2, 0.25) is 0 Å². The maximum atomic E-state index is 12.4. The first-order valence-electron chi connectivity index (χ1n) is 7.25. The Morgan fingerprint density at radius 3 is 2.63 bits per heavy atom. The second-order valence-electron chi connectivity index (χ2n) is 5.13. The van der Waals surface area contributed by atoms with E-state index in [1.807, 2.05) is 23.1 Å². The number of rotatable bonds is 6. The van der Waals surface area contributed by atoms with Crippen LogP contribution in [0.1, 0.15) is 44.6 Å². The lowest BCUT2D eigenvalue weighted by molar-refractivity contribution is -0.131. The lowest BCUT2D eigenvalue weighted by Crippen LogP contribution is -2.33. The van der Waals surface area contributed by atoms with E-state index in [0.29, 0.717) is 13.0 Å². The number of hydrogen-bond donors (Lipinski definition) is 0. The Bertz CT molecular complexity index is 425. The summed E-state index contributed by atoms with van der Waals surface area (Å²) >= 11 is 0. The fourth-order valence-electron chi connectivity index (χ4n) is 2.64. The van der Waals surface area contributed by atoms with Gasteiger partial charge in [0.15, 0.2) is 0 Å². The van der Waals surface area contributed by atoms with Crippen LogP contribution in [0.5, 0.6) is 5.75 Å². The van der Waals surface area contributed by atoms with Gasteiger partial charge in [-0.1, -0.05) is 32.0 Å². The number of benzene rings is 1. The molecule has 1 heterocycles. The van der Waals surface area contributed by atoms with Gasteiger partial charge in [-0.05, 0) is 18.9 Å². The first-order chi connectivity index (χ1) is 9.26. The molecule has 1 aliphatic heterocycles. The van der Waals surface area contributed by atoms with Crippen molar-refractivity contribution in [1.29, 1.82) is 0 Å². The topological polar surface area (TPSA) is 29.5 Å². The van der Waals surface area contributed by atoms with E-state index >= 15 is 0 Å². The molecule has 1 amide bonds. The highest BCUT2D eigenvalue weighted by molar-refractivity contribution is 5.77. The Morgan fingerprint density at radius 2 is 1.95 bits per heavy atom. The molecule has 0 radical (unpaired) electrons. The monoisotopic (exact) mass is 261 g/mol. The van der Waals surface area contributed by atoms with Gasteiger partial charge in [0, 0.05) is 31.0 Å². The zero-order chi connectivity index (χ0) is 13.7. The molecule has 3 nitrogen and oxygen atoms in total. The Morgan fingerprint density at radius 1 is 1.26 bits per heavy atom. The van der Waals surface area contributed by atoms with Crippen LogP contribution < -0.4 is 4.74 Å². The van der Waals surface area contributed by atoms with E-state index in [2.05, 4.69) is 19.9 Å². The van der Waals surface area contributed by atoms with E-state index in [1.54, 1.807) is 0 Å². The molecule has 0 saturated carbocycles. The quantitative estimate of drug-likeness (QED) is 0.787. The second kappa shape index (κ2) is 6.60. The molecule has 2 rings (SSSR count). The number of nitrogens with zero attached hydrogens (tertiary/aromatic N) is 1. The molecule has 0 spiro atoms. The largest absolute Gasteiger partial charge is 0.493 e. The van der Waals surface area contributed by atoms with Gasteiger partial charge >= 0.3 is 0 Å². The van der Waals surface area contributed by atoms with Crippen molar-refractivity contribution in [2.75, 3.05) is 19.7 Å². The van der Waals surface area contributed by atoms with Crippen molar-refractivity contribution >= 4 is 5.91 Å². The number of carbonyl (C=O) groups is 1. The summed E-state index contributed by atoms with van der Waals surface area (Å²) in [7, 11) is 0. The summed E-state index contributed by atoms with van der Waals surface area (Å²) in [4.78, 5) is 14.3. The standard InChI is InChI=1S/C16H23NO2/c1-3-9-17(10-4-2)16(18)11-13-12-19-15-8-6-5-7-14(13)15/h5-8,13H,3-4,9-12H2,1-2H3. The minimum atomic E-state index is 0.222. The summed E-state index contributed by atoms with van der Waals surface area (Å²) in [5.41, 5.74) is 1.18. The van der Waals surface area contributed by atoms with Crippen molar-refractivity contribution in [2.24, 2.45) is 0 Å². The van der Waals surface area contributed by atoms with Crippen molar-refractivity contribution < 1.29 is 9.53 Å². The van der Waals surface area contributed by atoms with Gasteiger partial charge in [-0.3, -0.25) is 4.79 Å². The molecule has 0 fully saturated rings. The summed E-state index contributed by atoms with van der Waals surface area (Å²) < 4.78 is 5.64. The van der Waals surface area contributed by atoms with Crippen molar-refractivity contribution in [3.8, 4) is 5.75 Å². The number of ether oxygens (including phenoxy) is 1. The van der Waals surface area contributed by atoms with E-state index in [9.17, 15) is 4.79 Å². The van der Waals surface area contributed by atoms with Gasteiger partial charge in [-0.2, -0.15) is 0 Å². The number of hydrogen-bond acceptors (Lipinski definition) is 2. The van der Waals surface area contributed by atoms with Gasteiger partial charge in [0.05, 0.1) is 6.61 Å². The SMILES string of the molecule is CCCN(CCC)C(=O)CC1COc2ccccc21. The smallest absolute Gasteiger partial charge is 0.223 e. The molecule has 0 saturated heterocycles. The minimum absolute atomic E-state index is 0.222. The van der Waals surface area contributed by atoms with Gasteiger partial charge in [0.1, 0.15) is 5.75 Å². The van der Waals surface area contributed by atoms with Crippen molar-refractivity contribution in [3.05, 3.63) is 29.8 Å². The molecule has 1 aromatic rings. The maximum Gasteiger partial charge on any atom is 0.223 e. The Hall–Kier alpha value is -1.51. The zero-order valence-corrected chi connectivity index (χ0v) is 11.9. The molecule has 0 aliphatic carbocycles. The molecular formula is C16H23NO2. The third-order valence-corrected chi connectivity index (χ3v) is 3.56. The van der Waals surface area contributed by atoms with Gasteiger partial charge in [0.25, 0.3) is 0 Å². The summed E-state index contributed by atoms with van der Waals surface area (Å²) in [5.74, 6) is 1.42. The minimum Gasteiger partial charge on any atom is -0.493 e. The zero-order valence-electron chi connectivity index (χ0n) is 11.9. The van der Waals surface area contributed by atoms with E-state index in [-0.39, 0.29) is 11.8 Å². The van der Waals surface area contributed by atoms with Crippen molar-refractivity contribution in [1.82, 2.24) is 4.90 Å². The lowest BCUT2D eigenvalue weighted by Gasteiger charge is -2.22. The number of fused-ring (bicyclic) bond motifs is 1. The molecule has 0 bridgehead atoms. The normalized spacial score (nSPS) is 16.8. The van der Waals surface area contributed by atoms with Crippen LogP contribution in [-0.2, 0) is 4.79 Å². The van der Waals surface area contributed by atoms with Crippen molar-refractivity contribution in [2.45, 2.75) is 39.0 Å². The predicted molar refractivity (Wildman–Crippen MR) is 76.5 cm³/mol. The van der Waals surface area contributed by atoms with Crippen LogP contribution >= 0.6 is 0 Å². The molecule has 1 aromatic carbocycles. The van der Waals surface area contributed by atoms with Crippen LogP contribution in [-0.4, -0.2) is 30.5 Å². The fourth-order valence-corrected chi connectivity index (χ4v) is 2.64. The highest BCUT2D eigenvalue weighted by atomic mass is 16.5. The molecule has 19 heavy (non-hydrogen) atoms. The van der Waals surface area contributed by atoms with Gasteiger partial charge in [-0.15, -0.1) is 0 Å². The molecule has 104 valence electrons. The third-order valence-electron chi connectivity index (χ3n) is 3.56. The number of para-hydroxylation sites is 1. The van der Waals surface area contributed by atoms with Gasteiger partial charge in [-0.25, -0.2) is 0 Å². The van der Waals surface area contributed by atoms with Crippen LogP contribution in [0.3, 0.4) is 0 Å². The third kappa shape index (κ3) is 3.28. The summed E-state index contributed by atoms with van der Waals surface area (Å²) in [5, 5.41) is 0. The predicted octanol–water partition coefficient (Wildman–Crippen LogP) is 3.20. The van der Waals surface area contributed by atoms with Crippen LogP contribution in [0, 0.1) is 0 Å². The second-order valence-corrected chi connectivity index (χ2v) is 5.13. The van der Waals surface area contributed by atoms with Gasteiger partial charge in [0.2, 0.25) is 5.91 Å². The molecular weight excluding hydrogens is 238 g/mol. The molecule has 1 unspecified atom stereocenters. The molecule has 0 N–H and O–H groups in total. The average molecular weight is 261 g/mol. The Labute approximate surface area is 115 Å². The summed E-state index contributed by atoms with van der Waals surface area (Å²) in [6, 6.07) is 8.05. The van der Waals surface area contributed by atoms with Gasteiger partial charge < -0.3 is 9.64 Å². The van der Waals surface area contributed by atoms with Crippen LogP contribution in [0.15, 0.2) is 24.3 Å². The highest BCUT2D eigenvalue weighted by Crippen LogP contribution is 2.35. The molecule has 0 aromatic heterocycles. The van der Waals surface area contributed by atoms with Crippen LogP contribution in [0.4, 0.5) is 0 Å². The lowest BCUT2D eigenvalue weighted by atomic mass is 9.97. The molecule has 1 aliphatic rings. The van der Waals surface area contributed by atoms with E-state index < -0.39 is 0 Å². The van der Waals surface area contributed by atoms with E-state index in [0.717, 1.165) is 31.7 Å². The van der Waals surface area contributed by atoms with Crippen LogP contribution in [0.25, 0.3) is 0 Å². The first kappa shape index (κ1) is 13.9. The fraction of sp³-hybridized carbons (Fsp3) is 0.562. The summed E-state index contributed by atoms with van der Waals surface area (Å²) in [6.07, 6.45) is 2.60. The molecule has 1 atom stereocenters. The number of amides is 1. The Kier molecular flexibility index (Phi) is 4.83. The Balaban J connectivity index is 1.99.